The number of carbonyl (C=O) groups excluding carboxylic acids is 1. The molecule has 6 aliphatic carbocycles. The van der Waals surface area contributed by atoms with Gasteiger partial charge in [0.15, 0.2) is 0 Å². The van der Waals surface area contributed by atoms with Crippen molar-refractivity contribution in [2.45, 2.75) is 32.1 Å². The van der Waals surface area contributed by atoms with E-state index >= 15 is 0 Å². The standard InChI is InChI=1S/C19H22O/c20-6-5-19-9-14(15-10-1-3-12(7-10)17(15)19)16-11-2-4-13(8-11)18(16)19/h1,3,5,10-18H,2,4,7-9H2. The minimum atomic E-state index is 0.270. The van der Waals surface area contributed by atoms with Gasteiger partial charge in [-0.2, -0.15) is 0 Å². The van der Waals surface area contributed by atoms with Crippen LogP contribution < -0.4 is 0 Å². The van der Waals surface area contributed by atoms with E-state index in [-0.39, 0.29) is 5.41 Å². The van der Waals surface area contributed by atoms with Crippen LogP contribution in [0.25, 0.3) is 0 Å². The summed E-state index contributed by atoms with van der Waals surface area (Å²) < 4.78 is 0. The van der Waals surface area contributed by atoms with Crippen molar-refractivity contribution in [1.82, 2.24) is 0 Å². The Balaban J connectivity index is 1.56. The highest BCUT2D eigenvalue weighted by Crippen LogP contribution is 2.80. The van der Waals surface area contributed by atoms with E-state index in [1.165, 1.54) is 32.1 Å². The molecule has 1 nitrogen and oxygen atoms in total. The van der Waals surface area contributed by atoms with Crippen LogP contribution in [0.15, 0.2) is 18.2 Å². The number of hydrogen-bond donors (Lipinski definition) is 0. The van der Waals surface area contributed by atoms with Crippen LogP contribution in [0.3, 0.4) is 0 Å². The Hall–Kier alpha value is -0.810. The molecule has 6 bridgehead atoms. The van der Waals surface area contributed by atoms with Crippen LogP contribution in [0.2, 0.25) is 0 Å². The Bertz CT molecular complexity index is 570. The minimum Gasteiger partial charge on any atom is -0.234 e. The van der Waals surface area contributed by atoms with Gasteiger partial charge < -0.3 is 0 Å². The molecule has 6 aliphatic rings. The Morgan fingerprint density at radius 2 is 1.85 bits per heavy atom. The van der Waals surface area contributed by atoms with Gasteiger partial charge in [0.2, 0.25) is 0 Å². The lowest BCUT2D eigenvalue weighted by atomic mass is 9.55. The van der Waals surface area contributed by atoms with Crippen molar-refractivity contribution in [3.8, 4) is 0 Å². The van der Waals surface area contributed by atoms with Gasteiger partial charge in [0.1, 0.15) is 5.94 Å². The van der Waals surface area contributed by atoms with E-state index in [2.05, 4.69) is 18.1 Å². The van der Waals surface area contributed by atoms with Gasteiger partial charge in [-0.3, -0.25) is 0 Å². The second-order valence-electron chi connectivity index (χ2n) is 8.73. The summed E-state index contributed by atoms with van der Waals surface area (Å²) in [5.74, 6) is 10.4. The summed E-state index contributed by atoms with van der Waals surface area (Å²) in [6.07, 6.45) is 14.2. The Morgan fingerprint density at radius 1 is 1.00 bits per heavy atom. The van der Waals surface area contributed by atoms with Crippen molar-refractivity contribution in [3.05, 3.63) is 18.2 Å². The highest BCUT2D eigenvalue weighted by atomic mass is 16.1. The number of fused-ring (bicyclic) bond motifs is 16. The molecule has 20 heavy (non-hydrogen) atoms. The quantitative estimate of drug-likeness (QED) is 0.403. The highest BCUT2D eigenvalue weighted by Gasteiger charge is 2.75. The first kappa shape index (κ1) is 10.9. The van der Waals surface area contributed by atoms with Crippen molar-refractivity contribution >= 4 is 5.94 Å². The van der Waals surface area contributed by atoms with Crippen molar-refractivity contribution in [3.63, 3.8) is 0 Å². The average Bonchev–Trinajstić information content (AvgIpc) is 3.24. The Labute approximate surface area is 120 Å². The molecular weight excluding hydrogens is 244 g/mol. The van der Waals surface area contributed by atoms with Gasteiger partial charge in [0, 0.05) is 11.5 Å². The molecule has 10 unspecified atom stereocenters. The smallest absolute Gasteiger partial charge is 0.120 e. The monoisotopic (exact) mass is 266 g/mol. The third-order valence-electron chi connectivity index (χ3n) is 8.65. The third-order valence-corrected chi connectivity index (χ3v) is 8.65. The van der Waals surface area contributed by atoms with Crippen molar-refractivity contribution < 1.29 is 4.79 Å². The second kappa shape index (κ2) is 3.17. The van der Waals surface area contributed by atoms with Gasteiger partial charge in [-0.1, -0.05) is 12.2 Å². The molecule has 0 aromatic carbocycles. The predicted octanol–water partition coefficient (Wildman–Crippen LogP) is 3.49. The molecule has 0 spiro atoms. The zero-order valence-corrected chi connectivity index (χ0v) is 11.9. The maximum Gasteiger partial charge on any atom is 0.120 e. The van der Waals surface area contributed by atoms with Gasteiger partial charge in [-0.25, -0.2) is 4.79 Å². The molecule has 0 amide bonds. The summed E-state index contributed by atoms with van der Waals surface area (Å²) in [7, 11) is 0. The first-order valence-electron chi connectivity index (χ1n) is 8.74. The largest absolute Gasteiger partial charge is 0.234 e. The maximum atomic E-state index is 11.3. The molecular formula is C19H22O. The molecule has 0 aromatic rings. The fraction of sp³-hybridized carbons (Fsp3) is 0.789. The molecule has 0 N–H and O–H groups in total. The fourth-order valence-corrected chi connectivity index (χ4v) is 8.74. The van der Waals surface area contributed by atoms with Crippen LogP contribution in [0.1, 0.15) is 32.1 Å². The van der Waals surface area contributed by atoms with Crippen LogP contribution in [-0.2, 0) is 4.79 Å². The van der Waals surface area contributed by atoms with Gasteiger partial charge in [-0.15, -0.1) is 0 Å². The SMILES string of the molecule is O=C=CC12CC(C3C4C=CC(C4)C31)C1C3CCC(C3)C12. The van der Waals surface area contributed by atoms with Gasteiger partial charge in [0.25, 0.3) is 0 Å². The first-order valence-corrected chi connectivity index (χ1v) is 8.74. The summed E-state index contributed by atoms with van der Waals surface area (Å²) in [6.45, 7) is 0. The van der Waals surface area contributed by atoms with Crippen molar-refractivity contribution in [2.24, 2.45) is 58.7 Å². The Kier molecular flexibility index (Phi) is 1.72. The van der Waals surface area contributed by atoms with Gasteiger partial charge >= 0.3 is 0 Å². The molecule has 0 saturated heterocycles. The Morgan fingerprint density at radius 3 is 2.75 bits per heavy atom. The van der Waals surface area contributed by atoms with Crippen molar-refractivity contribution in [2.75, 3.05) is 0 Å². The molecule has 0 aliphatic heterocycles. The first-order chi connectivity index (χ1) is 9.83. The zero-order valence-electron chi connectivity index (χ0n) is 11.9. The van der Waals surface area contributed by atoms with Crippen LogP contribution in [0.4, 0.5) is 0 Å². The summed E-state index contributed by atoms with van der Waals surface area (Å²) >= 11 is 0. The third kappa shape index (κ3) is 0.915. The molecule has 5 saturated carbocycles. The van der Waals surface area contributed by atoms with E-state index in [4.69, 9.17) is 0 Å². The zero-order chi connectivity index (χ0) is 13.1. The predicted molar refractivity (Wildman–Crippen MR) is 76.3 cm³/mol. The van der Waals surface area contributed by atoms with E-state index in [9.17, 15) is 4.79 Å². The fourth-order valence-electron chi connectivity index (χ4n) is 8.74. The molecule has 10 atom stereocenters. The summed E-state index contributed by atoms with van der Waals surface area (Å²) in [5, 5.41) is 0. The van der Waals surface area contributed by atoms with E-state index < -0.39 is 0 Å². The lowest BCUT2D eigenvalue weighted by Gasteiger charge is -2.49. The summed E-state index contributed by atoms with van der Waals surface area (Å²) in [5.41, 5.74) is 0.270. The second-order valence-corrected chi connectivity index (χ2v) is 8.73. The van der Waals surface area contributed by atoms with E-state index in [1.54, 1.807) is 0 Å². The summed E-state index contributed by atoms with van der Waals surface area (Å²) in [4.78, 5) is 11.3. The molecule has 0 aromatic heterocycles. The number of rotatable bonds is 1. The molecule has 6 rings (SSSR count). The van der Waals surface area contributed by atoms with Crippen LogP contribution in [-0.4, -0.2) is 5.94 Å². The molecule has 104 valence electrons. The number of hydrogen-bond acceptors (Lipinski definition) is 1. The molecule has 0 heterocycles. The number of allylic oxidation sites excluding steroid dienone is 3. The van der Waals surface area contributed by atoms with Crippen LogP contribution in [0, 0.1) is 58.7 Å². The summed E-state index contributed by atoms with van der Waals surface area (Å²) in [6, 6.07) is 0. The van der Waals surface area contributed by atoms with Gasteiger partial charge in [-0.05, 0) is 85.4 Å². The van der Waals surface area contributed by atoms with E-state index in [0.717, 1.165) is 53.3 Å². The maximum absolute atomic E-state index is 11.3. The van der Waals surface area contributed by atoms with E-state index in [0.29, 0.717) is 0 Å². The van der Waals surface area contributed by atoms with Gasteiger partial charge in [0.05, 0.1) is 0 Å². The van der Waals surface area contributed by atoms with Crippen LogP contribution >= 0.6 is 0 Å². The normalized spacial score (nSPS) is 66.5. The topological polar surface area (TPSA) is 17.1 Å². The lowest BCUT2D eigenvalue weighted by Crippen LogP contribution is -2.45. The highest BCUT2D eigenvalue weighted by molar-refractivity contribution is 5.50. The van der Waals surface area contributed by atoms with Crippen LogP contribution in [0.5, 0.6) is 0 Å². The molecule has 5 fully saturated rings. The minimum absolute atomic E-state index is 0.270. The van der Waals surface area contributed by atoms with Crippen molar-refractivity contribution in [1.29, 1.82) is 0 Å². The average molecular weight is 266 g/mol. The molecule has 0 radical (unpaired) electrons. The lowest BCUT2D eigenvalue weighted by molar-refractivity contribution is 0.0131. The van der Waals surface area contributed by atoms with E-state index in [1.807, 2.05) is 6.08 Å². The molecule has 1 heteroatoms.